The maximum absolute atomic E-state index is 12.5. The van der Waals surface area contributed by atoms with E-state index in [1.54, 1.807) is 0 Å². The Hall–Kier alpha value is -0.870. The fraction of sp³-hybridized carbons (Fsp3) is 0.533. The van der Waals surface area contributed by atoms with Crippen molar-refractivity contribution in [2.45, 2.75) is 39.7 Å². The molecule has 0 aliphatic carbocycles. The van der Waals surface area contributed by atoms with Crippen LogP contribution in [0.1, 0.15) is 32.3 Å². The van der Waals surface area contributed by atoms with Gasteiger partial charge in [0, 0.05) is 4.47 Å². The maximum Gasteiger partial charge on any atom is 0.242 e. The van der Waals surface area contributed by atoms with E-state index in [0.29, 0.717) is 0 Å². The van der Waals surface area contributed by atoms with Crippen LogP contribution < -0.4 is 10.6 Å². The molecule has 1 aliphatic rings. The molecule has 0 saturated carbocycles. The topological polar surface area (TPSA) is 41.1 Å². The van der Waals surface area contributed by atoms with E-state index >= 15 is 0 Å². The minimum atomic E-state index is -0.131. The summed E-state index contributed by atoms with van der Waals surface area (Å²) in [6.45, 7) is 7.22. The first-order valence-electron chi connectivity index (χ1n) is 6.71. The lowest BCUT2D eigenvalue weighted by Gasteiger charge is -2.38. The molecular weight excluding hydrogens is 304 g/mol. The largest absolute Gasteiger partial charge is 0.324 e. The third-order valence-corrected chi connectivity index (χ3v) is 4.89. The number of piperidine rings is 1. The van der Waals surface area contributed by atoms with Gasteiger partial charge in [0.1, 0.15) is 0 Å². The summed E-state index contributed by atoms with van der Waals surface area (Å²) in [6.07, 6.45) is 2.21. The van der Waals surface area contributed by atoms with Crippen molar-refractivity contribution in [3.63, 3.8) is 0 Å². The van der Waals surface area contributed by atoms with Gasteiger partial charge in [-0.25, -0.2) is 0 Å². The van der Waals surface area contributed by atoms with Gasteiger partial charge in [-0.05, 0) is 59.3 Å². The predicted octanol–water partition coefficient (Wildman–Crippen LogP) is 3.47. The van der Waals surface area contributed by atoms with Gasteiger partial charge in [0.25, 0.3) is 0 Å². The van der Waals surface area contributed by atoms with Gasteiger partial charge in [-0.15, -0.1) is 0 Å². The van der Waals surface area contributed by atoms with Crippen molar-refractivity contribution in [2.24, 2.45) is 5.41 Å². The molecule has 1 fully saturated rings. The summed E-state index contributed by atoms with van der Waals surface area (Å²) in [5, 5.41) is 6.36. The highest BCUT2D eigenvalue weighted by molar-refractivity contribution is 9.10. The van der Waals surface area contributed by atoms with E-state index in [4.69, 9.17) is 0 Å². The first kappa shape index (κ1) is 14.5. The molecule has 104 valence electrons. The Morgan fingerprint density at radius 3 is 2.89 bits per heavy atom. The zero-order valence-electron chi connectivity index (χ0n) is 11.7. The summed E-state index contributed by atoms with van der Waals surface area (Å²) in [4.78, 5) is 12.5. The molecule has 1 aromatic carbocycles. The highest BCUT2D eigenvalue weighted by Gasteiger charge is 2.37. The van der Waals surface area contributed by atoms with Crippen LogP contribution in [0.2, 0.25) is 0 Å². The average molecular weight is 325 g/mol. The smallest absolute Gasteiger partial charge is 0.242 e. The van der Waals surface area contributed by atoms with Gasteiger partial charge >= 0.3 is 0 Å². The summed E-state index contributed by atoms with van der Waals surface area (Å²) in [7, 11) is 0. The number of hydrogen-bond donors (Lipinski definition) is 2. The molecule has 1 saturated heterocycles. The Kier molecular flexibility index (Phi) is 4.31. The Morgan fingerprint density at radius 2 is 2.21 bits per heavy atom. The average Bonchev–Trinajstić information content (AvgIpc) is 2.34. The van der Waals surface area contributed by atoms with Gasteiger partial charge in [-0.1, -0.05) is 26.0 Å². The number of amides is 1. The van der Waals surface area contributed by atoms with Crippen molar-refractivity contribution in [2.75, 3.05) is 11.9 Å². The second kappa shape index (κ2) is 5.63. The molecule has 0 radical (unpaired) electrons. The fourth-order valence-electron chi connectivity index (χ4n) is 2.61. The molecule has 0 spiro atoms. The molecule has 4 heteroatoms. The molecule has 1 aliphatic heterocycles. The van der Waals surface area contributed by atoms with Crippen LogP contribution in [0.25, 0.3) is 0 Å². The number of carbonyl (C=O) groups excluding carboxylic acids is 1. The number of nitrogens with one attached hydrogen (secondary N) is 2. The van der Waals surface area contributed by atoms with Gasteiger partial charge < -0.3 is 10.6 Å². The lowest BCUT2D eigenvalue weighted by Crippen LogP contribution is -2.53. The standard InChI is InChI=1S/C15H21BrN2O/c1-10-6-4-7-11(12(10)16)18-14(19)13-15(2,3)8-5-9-17-13/h4,6-7,13,17H,5,8-9H2,1-3H3,(H,18,19). The molecule has 2 rings (SSSR count). The van der Waals surface area contributed by atoms with Gasteiger partial charge in [0.05, 0.1) is 11.7 Å². The van der Waals surface area contributed by atoms with E-state index in [0.717, 1.165) is 35.1 Å². The number of benzene rings is 1. The molecule has 2 N–H and O–H groups in total. The number of halogens is 1. The molecular formula is C15H21BrN2O. The minimum absolute atomic E-state index is 0.00135. The molecule has 1 heterocycles. The number of anilines is 1. The Balaban J connectivity index is 2.14. The van der Waals surface area contributed by atoms with Crippen LogP contribution in [0, 0.1) is 12.3 Å². The van der Waals surface area contributed by atoms with Crippen LogP contribution in [0.5, 0.6) is 0 Å². The summed E-state index contributed by atoms with van der Waals surface area (Å²) >= 11 is 3.53. The van der Waals surface area contributed by atoms with Crippen molar-refractivity contribution in [3.05, 3.63) is 28.2 Å². The molecule has 1 atom stereocenters. The van der Waals surface area contributed by atoms with Crippen LogP contribution in [0.4, 0.5) is 5.69 Å². The SMILES string of the molecule is Cc1cccc(NC(=O)C2NCCCC2(C)C)c1Br. The Labute approximate surface area is 123 Å². The van der Waals surface area contributed by atoms with Gasteiger partial charge in [-0.3, -0.25) is 4.79 Å². The molecule has 0 bridgehead atoms. The highest BCUT2D eigenvalue weighted by atomic mass is 79.9. The second-order valence-electron chi connectivity index (χ2n) is 5.90. The van der Waals surface area contributed by atoms with E-state index < -0.39 is 0 Å². The zero-order chi connectivity index (χ0) is 14.0. The summed E-state index contributed by atoms with van der Waals surface area (Å²) in [5.74, 6) is 0.0519. The summed E-state index contributed by atoms with van der Waals surface area (Å²) in [6, 6.07) is 5.76. The summed E-state index contributed by atoms with van der Waals surface area (Å²) < 4.78 is 0.956. The number of hydrogen-bond acceptors (Lipinski definition) is 2. The highest BCUT2D eigenvalue weighted by Crippen LogP contribution is 2.32. The van der Waals surface area contributed by atoms with Crippen molar-refractivity contribution in [1.82, 2.24) is 5.32 Å². The third-order valence-electron chi connectivity index (χ3n) is 3.84. The second-order valence-corrected chi connectivity index (χ2v) is 6.70. The normalized spacial score (nSPS) is 22.0. The van der Waals surface area contributed by atoms with E-state index in [1.165, 1.54) is 0 Å². The third kappa shape index (κ3) is 3.18. The molecule has 0 aromatic heterocycles. The van der Waals surface area contributed by atoms with Gasteiger partial charge in [0.2, 0.25) is 5.91 Å². The first-order chi connectivity index (χ1) is 8.92. The van der Waals surface area contributed by atoms with Crippen LogP contribution in [-0.4, -0.2) is 18.5 Å². The van der Waals surface area contributed by atoms with Crippen LogP contribution >= 0.6 is 15.9 Å². The van der Waals surface area contributed by atoms with Gasteiger partial charge in [-0.2, -0.15) is 0 Å². The fourth-order valence-corrected chi connectivity index (χ4v) is 2.97. The Bertz CT molecular complexity index is 485. The van der Waals surface area contributed by atoms with Crippen LogP contribution in [-0.2, 0) is 4.79 Å². The lowest BCUT2D eigenvalue weighted by atomic mass is 9.77. The molecule has 3 nitrogen and oxygen atoms in total. The minimum Gasteiger partial charge on any atom is -0.324 e. The summed E-state index contributed by atoms with van der Waals surface area (Å²) in [5.41, 5.74) is 1.96. The number of rotatable bonds is 2. The lowest BCUT2D eigenvalue weighted by molar-refractivity contribution is -0.121. The molecule has 1 amide bonds. The molecule has 1 aromatic rings. The Morgan fingerprint density at radius 1 is 1.47 bits per heavy atom. The van der Waals surface area contributed by atoms with E-state index in [9.17, 15) is 4.79 Å². The maximum atomic E-state index is 12.5. The van der Waals surface area contributed by atoms with Crippen molar-refractivity contribution in [1.29, 1.82) is 0 Å². The quantitative estimate of drug-likeness (QED) is 0.874. The number of carbonyl (C=O) groups is 1. The first-order valence-corrected chi connectivity index (χ1v) is 7.50. The van der Waals surface area contributed by atoms with Crippen molar-refractivity contribution < 1.29 is 4.79 Å². The zero-order valence-corrected chi connectivity index (χ0v) is 13.3. The van der Waals surface area contributed by atoms with Gasteiger partial charge in [0.15, 0.2) is 0 Å². The monoisotopic (exact) mass is 324 g/mol. The van der Waals surface area contributed by atoms with Crippen molar-refractivity contribution in [3.8, 4) is 0 Å². The van der Waals surface area contributed by atoms with E-state index in [2.05, 4.69) is 40.4 Å². The van der Waals surface area contributed by atoms with E-state index in [1.807, 2.05) is 25.1 Å². The predicted molar refractivity (Wildman–Crippen MR) is 82.3 cm³/mol. The van der Waals surface area contributed by atoms with E-state index in [-0.39, 0.29) is 17.4 Å². The molecule has 1 unspecified atom stereocenters. The molecule has 19 heavy (non-hydrogen) atoms. The van der Waals surface area contributed by atoms with Crippen molar-refractivity contribution >= 4 is 27.5 Å². The number of aryl methyl sites for hydroxylation is 1. The van der Waals surface area contributed by atoms with Crippen LogP contribution in [0.15, 0.2) is 22.7 Å². The van der Waals surface area contributed by atoms with Crippen LogP contribution in [0.3, 0.4) is 0 Å².